The summed E-state index contributed by atoms with van der Waals surface area (Å²) in [4.78, 5) is 24.0. The SMILES string of the molecule is COc1ccc(C(=O)COC(=O)/C(C#N)=C/c2ccc(C)cc2)cc1. The molecule has 0 radical (unpaired) electrons. The van der Waals surface area contributed by atoms with Crippen molar-refractivity contribution in [2.75, 3.05) is 13.7 Å². The molecule has 2 aromatic carbocycles. The van der Waals surface area contributed by atoms with Gasteiger partial charge in [-0.25, -0.2) is 4.79 Å². The summed E-state index contributed by atoms with van der Waals surface area (Å²) in [6, 6.07) is 15.6. The predicted molar refractivity (Wildman–Crippen MR) is 93.1 cm³/mol. The number of hydrogen-bond donors (Lipinski definition) is 0. The standard InChI is InChI=1S/C20H17NO4/c1-14-3-5-15(6-4-14)11-17(12-21)20(23)25-13-19(22)16-7-9-18(24-2)10-8-16/h3-11H,13H2,1-2H3/b17-11+. The molecule has 0 aliphatic heterocycles. The fraction of sp³-hybridized carbons (Fsp3) is 0.150. The zero-order chi connectivity index (χ0) is 18.2. The molecule has 0 heterocycles. The molecule has 0 aliphatic carbocycles. The summed E-state index contributed by atoms with van der Waals surface area (Å²) in [5.41, 5.74) is 2.02. The van der Waals surface area contributed by atoms with Crippen LogP contribution < -0.4 is 4.74 Å². The molecule has 0 unspecified atom stereocenters. The van der Waals surface area contributed by atoms with E-state index in [0.717, 1.165) is 5.56 Å². The lowest BCUT2D eigenvalue weighted by molar-refractivity contribution is -0.137. The molecule has 126 valence electrons. The van der Waals surface area contributed by atoms with Gasteiger partial charge in [-0.05, 0) is 42.8 Å². The van der Waals surface area contributed by atoms with E-state index >= 15 is 0 Å². The van der Waals surface area contributed by atoms with Crippen LogP contribution in [0.3, 0.4) is 0 Å². The van der Waals surface area contributed by atoms with Crippen molar-refractivity contribution in [3.05, 3.63) is 70.8 Å². The van der Waals surface area contributed by atoms with Gasteiger partial charge in [0.1, 0.15) is 17.4 Å². The Labute approximate surface area is 146 Å². The van der Waals surface area contributed by atoms with Gasteiger partial charge in [-0.2, -0.15) is 5.26 Å². The fourth-order valence-corrected chi connectivity index (χ4v) is 2.04. The number of rotatable bonds is 6. The first kappa shape index (κ1) is 18.0. The second-order valence-electron chi connectivity index (χ2n) is 5.31. The minimum atomic E-state index is -0.829. The van der Waals surface area contributed by atoms with Crippen molar-refractivity contribution in [1.82, 2.24) is 0 Å². The number of hydrogen-bond acceptors (Lipinski definition) is 5. The second kappa shape index (κ2) is 8.46. The smallest absolute Gasteiger partial charge is 0.349 e. The average molecular weight is 335 g/mol. The minimum Gasteiger partial charge on any atom is -0.497 e. The van der Waals surface area contributed by atoms with Crippen LogP contribution in [0.15, 0.2) is 54.1 Å². The maximum Gasteiger partial charge on any atom is 0.349 e. The van der Waals surface area contributed by atoms with E-state index < -0.39 is 12.6 Å². The maximum absolute atomic E-state index is 12.0. The van der Waals surface area contributed by atoms with Crippen molar-refractivity contribution < 1.29 is 19.1 Å². The molecule has 25 heavy (non-hydrogen) atoms. The number of ketones is 1. The third-order valence-corrected chi connectivity index (χ3v) is 3.48. The van der Waals surface area contributed by atoms with E-state index in [0.29, 0.717) is 16.9 Å². The predicted octanol–water partition coefficient (Wildman–Crippen LogP) is 3.34. The minimum absolute atomic E-state index is 0.161. The van der Waals surface area contributed by atoms with E-state index in [-0.39, 0.29) is 11.4 Å². The van der Waals surface area contributed by atoms with Gasteiger partial charge in [0.25, 0.3) is 0 Å². The number of benzene rings is 2. The number of ether oxygens (including phenoxy) is 2. The highest BCUT2D eigenvalue weighted by molar-refractivity contribution is 6.01. The van der Waals surface area contributed by atoms with Crippen molar-refractivity contribution in [2.45, 2.75) is 6.92 Å². The Balaban J connectivity index is 2.00. The molecular formula is C20H17NO4. The first-order valence-electron chi connectivity index (χ1n) is 7.56. The van der Waals surface area contributed by atoms with Crippen molar-refractivity contribution in [3.63, 3.8) is 0 Å². The average Bonchev–Trinajstić information content (AvgIpc) is 2.65. The van der Waals surface area contributed by atoms with Crippen LogP contribution in [0.25, 0.3) is 6.08 Å². The first-order valence-corrected chi connectivity index (χ1v) is 7.56. The van der Waals surface area contributed by atoms with Crippen molar-refractivity contribution in [1.29, 1.82) is 5.26 Å². The largest absolute Gasteiger partial charge is 0.497 e. The first-order chi connectivity index (χ1) is 12.0. The number of nitriles is 1. The Morgan fingerprint density at radius 3 is 2.28 bits per heavy atom. The summed E-state index contributed by atoms with van der Waals surface area (Å²) in [5, 5.41) is 9.13. The number of nitrogens with zero attached hydrogens (tertiary/aromatic N) is 1. The monoisotopic (exact) mass is 335 g/mol. The van der Waals surface area contributed by atoms with Gasteiger partial charge in [-0.1, -0.05) is 29.8 Å². The zero-order valence-electron chi connectivity index (χ0n) is 14.0. The summed E-state index contributed by atoms with van der Waals surface area (Å²) in [5.74, 6) is -0.560. The van der Waals surface area contributed by atoms with Gasteiger partial charge in [0.05, 0.1) is 7.11 Å². The highest BCUT2D eigenvalue weighted by Gasteiger charge is 2.14. The number of methoxy groups -OCH3 is 1. The summed E-state index contributed by atoms with van der Waals surface area (Å²) in [6.07, 6.45) is 1.43. The number of Topliss-reactive ketones (excluding diaryl/α,β-unsaturated/α-hetero) is 1. The van der Waals surface area contributed by atoms with Crippen LogP contribution >= 0.6 is 0 Å². The second-order valence-corrected chi connectivity index (χ2v) is 5.31. The molecule has 0 N–H and O–H groups in total. The van der Waals surface area contributed by atoms with E-state index in [2.05, 4.69) is 0 Å². The van der Waals surface area contributed by atoms with Gasteiger partial charge in [-0.3, -0.25) is 4.79 Å². The van der Waals surface area contributed by atoms with Crippen molar-refractivity contribution >= 4 is 17.8 Å². The van der Waals surface area contributed by atoms with Gasteiger partial charge in [0.15, 0.2) is 12.4 Å². The van der Waals surface area contributed by atoms with Crippen LogP contribution in [-0.4, -0.2) is 25.5 Å². The zero-order valence-corrected chi connectivity index (χ0v) is 14.0. The summed E-state index contributed by atoms with van der Waals surface area (Å²) in [6.45, 7) is 1.51. The molecule has 0 saturated heterocycles. The molecule has 5 nitrogen and oxygen atoms in total. The van der Waals surface area contributed by atoms with Crippen LogP contribution in [-0.2, 0) is 9.53 Å². The lowest BCUT2D eigenvalue weighted by Gasteiger charge is -2.05. The van der Waals surface area contributed by atoms with E-state index in [1.807, 2.05) is 19.1 Å². The third kappa shape index (κ3) is 5.05. The highest BCUT2D eigenvalue weighted by Crippen LogP contribution is 2.13. The number of carbonyl (C=O) groups is 2. The summed E-state index contributed by atoms with van der Waals surface area (Å²) < 4.78 is 9.97. The maximum atomic E-state index is 12.0. The molecule has 2 rings (SSSR count). The van der Waals surface area contributed by atoms with E-state index in [4.69, 9.17) is 14.7 Å². The molecule has 0 aromatic heterocycles. The third-order valence-electron chi connectivity index (χ3n) is 3.48. The van der Waals surface area contributed by atoms with E-state index in [9.17, 15) is 9.59 Å². The highest BCUT2D eigenvalue weighted by atomic mass is 16.5. The van der Waals surface area contributed by atoms with Gasteiger partial charge in [-0.15, -0.1) is 0 Å². The normalized spacial score (nSPS) is 10.7. The Kier molecular flexibility index (Phi) is 6.08. The van der Waals surface area contributed by atoms with Gasteiger partial charge < -0.3 is 9.47 Å². The molecule has 0 saturated carbocycles. The van der Waals surface area contributed by atoms with Gasteiger partial charge in [0.2, 0.25) is 0 Å². The van der Waals surface area contributed by atoms with Crippen molar-refractivity contribution in [3.8, 4) is 11.8 Å². The summed E-state index contributed by atoms with van der Waals surface area (Å²) >= 11 is 0. The molecule has 2 aromatic rings. The molecule has 0 spiro atoms. The lowest BCUT2D eigenvalue weighted by Crippen LogP contribution is -2.15. The molecule has 0 amide bonds. The van der Waals surface area contributed by atoms with Gasteiger partial charge >= 0.3 is 5.97 Å². The van der Waals surface area contributed by atoms with Crippen molar-refractivity contribution in [2.24, 2.45) is 0 Å². The number of carbonyl (C=O) groups excluding carboxylic acids is 2. The Morgan fingerprint density at radius 1 is 1.08 bits per heavy atom. The molecule has 0 aliphatic rings. The van der Waals surface area contributed by atoms with Crippen LogP contribution in [0, 0.1) is 18.3 Å². The Bertz CT molecular complexity index is 827. The van der Waals surface area contributed by atoms with Crippen LogP contribution in [0.1, 0.15) is 21.5 Å². The molecule has 5 heteroatoms. The quantitative estimate of drug-likeness (QED) is 0.350. The van der Waals surface area contributed by atoms with Crippen LogP contribution in [0.5, 0.6) is 5.75 Å². The summed E-state index contributed by atoms with van der Waals surface area (Å²) in [7, 11) is 1.53. The van der Waals surface area contributed by atoms with E-state index in [1.54, 1.807) is 42.5 Å². The topological polar surface area (TPSA) is 76.4 Å². The fourth-order valence-electron chi connectivity index (χ4n) is 2.04. The molecule has 0 bridgehead atoms. The van der Waals surface area contributed by atoms with Gasteiger partial charge in [0, 0.05) is 5.56 Å². The number of esters is 1. The Hall–Kier alpha value is -3.39. The molecule has 0 fully saturated rings. The Morgan fingerprint density at radius 2 is 1.72 bits per heavy atom. The lowest BCUT2D eigenvalue weighted by atomic mass is 10.1. The van der Waals surface area contributed by atoms with Crippen LogP contribution in [0.4, 0.5) is 0 Å². The van der Waals surface area contributed by atoms with E-state index in [1.165, 1.54) is 13.2 Å². The van der Waals surface area contributed by atoms with Crippen LogP contribution in [0.2, 0.25) is 0 Å². The molecule has 0 atom stereocenters. The molecular weight excluding hydrogens is 318 g/mol. The number of aryl methyl sites for hydroxylation is 1.